The number of rotatable bonds is 3. The van der Waals surface area contributed by atoms with Crippen LogP contribution in [0, 0.1) is 5.92 Å². The van der Waals surface area contributed by atoms with E-state index in [1.165, 1.54) is 4.31 Å². The molecule has 2 atom stereocenters. The van der Waals surface area contributed by atoms with Gasteiger partial charge in [-0.05, 0) is 30.2 Å². The van der Waals surface area contributed by atoms with Gasteiger partial charge in [0.05, 0.1) is 12.0 Å². The summed E-state index contributed by atoms with van der Waals surface area (Å²) in [5.74, 6) is 0.832. The topological polar surface area (TPSA) is 72.6 Å². The van der Waals surface area contributed by atoms with Crippen LogP contribution in [-0.4, -0.2) is 39.0 Å². The molecule has 2 rings (SSSR count). The van der Waals surface area contributed by atoms with Crippen molar-refractivity contribution < 1.29 is 13.2 Å². The van der Waals surface area contributed by atoms with Gasteiger partial charge in [-0.1, -0.05) is 6.92 Å². The molecule has 1 aromatic carbocycles. The van der Waals surface area contributed by atoms with Crippen LogP contribution in [0.5, 0.6) is 5.75 Å². The quantitative estimate of drug-likeness (QED) is 0.876. The Morgan fingerprint density at radius 3 is 2.33 bits per heavy atom. The Labute approximate surface area is 108 Å². The highest BCUT2D eigenvalue weighted by molar-refractivity contribution is 7.89. The second-order valence-corrected chi connectivity index (χ2v) is 6.58. The van der Waals surface area contributed by atoms with E-state index in [2.05, 4.69) is 0 Å². The Bertz CT molecular complexity index is 503. The largest absolute Gasteiger partial charge is 0.497 e. The minimum absolute atomic E-state index is 0.0852. The summed E-state index contributed by atoms with van der Waals surface area (Å²) in [6.45, 7) is 2.83. The lowest BCUT2D eigenvalue weighted by atomic mass is 10.1. The van der Waals surface area contributed by atoms with E-state index >= 15 is 0 Å². The van der Waals surface area contributed by atoms with Crippen molar-refractivity contribution in [3.63, 3.8) is 0 Å². The predicted molar refractivity (Wildman–Crippen MR) is 68.9 cm³/mol. The van der Waals surface area contributed by atoms with Crippen LogP contribution in [-0.2, 0) is 10.0 Å². The zero-order chi connectivity index (χ0) is 13.3. The number of sulfonamides is 1. The molecule has 0 spiro atoms. The first kappa shape index (κ1) is 13.3. The number of ether oxygens (including phenoxy) is 1. The van der Waals surface area contributed by atoms with E-state index < -0.39 is 10.0 Å². The molecule has 1 aliphatic heterocycles. The molecule has 2 N–H and O–H groups in total. The summed E-state index contributed by atoms with van der Waals surface area (Å²) in [4.78, 5) is 0.282. The second-order valence-electron chi connectivity index (χ2n) is 4.64. The van der Waals surface area contributed by atoms with Crippen molar-refractivity contribution in [2.24, 2.45) is 11.7 Å². The van der Waals surface area contributed by atoms with Crippen LogP contribution in [0.15, 0.2) is 29.2 Å². The Balaban J connectivity index is 2.25. The Morgan fingerprint density at radius 1 is 1.28 bits per heavy atom. The molecule has 1 fully saturated rings. The average molecular weight is 270 g/mol. The minimum Gasteiger partial charge on any atom is -0.497 e. The summed E-state index contributed by atoms with van der Waals surface area (Å²) in [5.41, 5.74) is 5.86. The normalized spacial score (nSPS) is 25.3. The fourth-order valence-corrected chi connectivity index (χ4v) is 3.62. The third-order valence-electron chi connectivity index (χ3n) is 3.33. The highest BCUT2D eigenvalue weighted by Crippen LogP contribution is 2.24. The van der Waals surface area contributed by atoms with Crippen molar-refractivity contribution in [1.82, 2.24) is 4.31 Å². The van der Waals surface area contributed by atoms with E-state index in [1.807, 2.05) is 6.92 Å². The maximum absolute atomic E-state index is 12.4. The smallest absolute Gasteiger partial charge is 0.243 e. The summed E-state index contributed by atoms with van der Waals surface area (Å²) in [6.07, 6.45) is 0. The van der Waals surface area contributed by atoms with Crippen LogP contribution in [0.3, 0.4) is 0 Å². The van der Waals surface area contributed by atoms with Crippen LogP contribution in [0.4, 0.5) is 0 Å². The van der Waals surface area contributed by atoms with E-state index in [1.54, 1.807) is 31.4 Å². The molecule has 5 nitrogen and oxygen atoms in total. The molecule has 0 aromatic heterocycles. The first-order valence-corrected chi connectivity index (χ1v) is 7.29. The zero-order valence-electron chi connectivity index (χ0n) is 10.5. The highest BCUT2D eigenvalue weighted by atomic mass is 32.2. The summed E-state index contributed by atoms with van der Waals surface area (Å²) >= 11 is 0. The molecule has 1 saturated heterocycles. The lowest BCUT2D eigenvalue weighted by Crippen LogP contribution is -2.32. The van der Waals surface area contributed by atoms with Gasteiger partial charge in [0.15, 0.2) is 0 Å². The van der Waals surface area contributed by atoms with Gasteiger partial charge >= 0.3 is 0 Å². The third kappa shape index (κ3) is 2.36. The first-order valence-electron chi connectivity index (χ1n) is 5.85. The van der Waals surface area contributed by atoms with Crippen molar-refractivity contribution >= 4 is 10.0 Å². The standard InChI is InChI=1S/C12H18N2O3S/c1-9-7-14(8-12(9)13)18(15,16)11-5-3-10(17-2)4-6-11/h3-6,9,12H,7-8,13H2,1-2H3. The van der Waals surface area contributed by atoms with Gasteiger partial charge in [0.1, 0.15) is 5.75 Å². The first-order chi connectivity index (χ1) is 8.45. The third-order valence-corrected chi connectivity index (χ3v) is 5.18. The monoisotopic (exact) mass is 270 g/mol. The molecule has 6 heteroatoms. The van der Waals surface area contributed by atoms with Crippen LogP contribution >= 0.6 is 0 Å². The van der Waals surface area contributed by atoms with Crippen LogP contribution in [0.1, 0.15) is 6.92 Å². The molecule has 0 bridgehead atoms. The fourth-order valence-electron chi connectivity index (χ4n) is 2.04. The van der Waals surface area contributed by atoms with Gasteiger partial charge in [0, 0.05) is 19.1 Å². The van der Waals surface area contributed by atoms with E-state index in [9.17, 15) is 8.42 Å². The lowest BCUT2D eigenvalue weighted by Gasteiger charge is -2.16. The number of benzene rings is 1. The van der Waals surface area contributed by atoms with Gasteiger partial charge in [0.25, 0.3) is 0 Å². The van der Waals surface area contributed by atoms with E-state index in [0.29, 0.717) is 18.8 Å². The van der Waals surface area contributed by atoms with Crippen molar-refractivity contribution in [3.8, 4) is 5.75 Å². The molecule has 0 radical (unpaired) electrons. The SMILES string of the molecule is COc1ccc(S(=O)(=O)N2CC(C)C(N)C2)cc1. The minimum atomic E-state index is -3.43. The molecule has 18 heavy (non-hydrogen) atoms. The molecule has 1 aliphatic rings. The van der Waals surface area contributed by atoms with Crippen LogP contribution in [0.2, 0.25) is 0 Å². The number of methoxy groups -OCH3 is 1. The van der Waals surface area contributed by atoms with Crippen LogP contribution in [0.25, 0.3) is 0 Å². The Kier molecular flexibility index (Phi) is 3.61. The molecule has 2 unspecified atom stereocenters. The molecular weight excluding hydrogens is 252 g/mol. The van der Waals surface area contributed by atoms with Crippen LogP contribution < -0.4 is 10.5 Å². The second kappa shape index (κ2) is 4.87. The van der Waals surface area contributed by atoms with Gasteiger partial charge in [-0.2, -0.15) is 4.31 Å². The van der Waals surface area contributed by atoms with Crippen molar-refractivity contribution in [1.29, 1.82) is 0 Å². The van der Waals surface area contributed by atoms with E-state index in [-0.39, 0.29) is 16.9 Å². The molecule has 0 amide bonds. The number of nitrogens with zero attached hydrogens (tertiary/aromatic N) is 1. The summed E-state index contributed by atoms with van der Waals surface area (Å²) in [6, 6.07) is 6.32. The number of hydrogen-bond acceptors (Lipinski definition) is 4. The lowest BCUT2D eigenvalue weighted by molar-refractivity contribution is 0.414. The highest BCUT2D eigenvalue weighted by Gasteiger charge is 2.35. The summed E-state index contributed by atoms with van der Waals surface area (Å²) in [5, 5.41) is 0. The molecule has 100 valence electrons. The number of nitrogens with two attached hydrogens (primary N) is 1. The Hall–Kier alpha value is -1.11. The van der Waals surface area contributed by atoms with Crippen molar-refractivity contribution in [2.75, 3.05) is 20.2 Å². The molecule has 1 aromatic rings. The molecule has 0 aliphatic carbocycles. The maximum Gasteiger partial charge on any atom is 0.243 e. The predicted octanol–water partition coefficient (Wildman–Crippen LogP) is 0.663. The van der Waals surface area contributed by atoms with Gasteiger partial charge in [0.2, 0.25) is 10.0 Å². The summed E-state index contributed by atoms with van der Waals surface area (Å²) in [7, 11) is -1.89. The Morgan fingerprint density at radius 2 is 1.89 bits per heavy atom. The average Bonchev–Trinajstić information content (AvgIpc) is 2.70. The van der Waals surface area contributed by atoms with E-state index in [4.69, 9.17) is 10.5 Å². The molecule has 0 saturated carbocycles. The van der Waals surface area contributed by atoms with Gasteiger partial charge in [-0.25, -0.2) is 8.42 Å². The van der Waals surface area contributed by atoms with Gasteiger partial charge < -0.3 is 10.5 Å². The van der Waals surface area contributed by atoms with E-state index in [0.717, 1.165) is 0 Å². The van der Waals surface area contributed by atoms with Crippen molar-refractivity contribution in [3.05, 3.63) is 24.3 Å². The van der Waals surface area contributed by atoms with Gasteiger partial charge in [-0.3, -0.25) is 0 Å². The van der Waals surface area contributed by atoms with Crippen molar-refractivity contribution in [2.45, 2.75) is 17.9 Å². The molecule has 1 heterocycles. The number of hydrogen-bond donors (Lipinski definition) is 1. The molecular formula is C12H18N2O3S. The fraction of sp³-hybridized carbons (Fsp3) is 0.500. The maximum atomic E-state index is 12.4. The summed E-state index contributed by atoms with van der Waals surface area (Å²) < 4.78 is 31.2. The zero-order valence-corrected chi connectivity index (χ0v) is 11.4. The van der Waals surface area contributed by atoms with Gasteiger partial charge in [-0.15, -0.1) is 0 Å².